The van der Waals surface area contributed by atoms with Gasteiger partial charge in [-0.1, -0.05) is 109 Å². The molecule has 0 amide bonds. The summed E-state index contributed by atoms with van der Waals surface area (Å²) in [7, 11) is 0. The summed E-state index contributed by atoms with van der Waals surface area (Å²) in [5, 5.41) is 9.95. The Labute approximate surface area is 265 Å². The van der Waals surface area contributed by atoms with Gasteiger partial charge in [0.1, 0.15) is 11.2 Å². The fourth-order valence-electron chi connectivity index (χ4n) is 6.82. The van der Waals surface area contributed by atoms with E-state index in [1.165, 1.54) is 21.5 Å². The van der Waals surface area contributed by atoms with Crippen molar-refractivity contribution in [3.63, 3.8) is 0 Å². The van der Waals surface area contributed by atoms with Gasteiger partial charge in [-0.2, -0.15) is 0 Å². The van der Waals surface area contributed by atoms with E-state index in [1.807, 2.05) is 12.1 Å². The number of hydrogen-bond donors (Lipinski definition) is 0. The van der Waals surface area contributed by atoms with E-state index < -0.39 is 0 Å². The van der Waals surface area contributed by atoms with Gasteiger partial charge < -0.3 is 9.32 Å². The highest BCUT2D eigenvalue weighted by Gasteiger charge is 2.18. The number of nitrogens with zero attached hydrogens (tertiary/aromatic N) is 1. The molecule has 9 aromatic rings. The van der Waals surface area contributed by atoms with Crippen LogP contribution in [0, 0.1) is 0 Å². The molecule has 0 N–H and O–H groups in total. The normalized spacial score (nSPS) is 11.7. The lowest BCUT2D eigenvalue weighted by molar-refractivity contribution is 0.673. The van der Waals surface area contributed by atoms with Crippen LogP contribution in [0.4, 0.5) is 17.1 Å². The van der Waals surface area contributed by atoms with Crippen LogP contribution in [0.2, 0.25) is 5.02 Å². The second-order valence-corrected chi connectivity index (χ2v) is 11.9. The molecule has 0 atom stereocenters. The molecule has 0 aliphatic carbocycles. The molecule has 0 unspecified atom stereocenters. The molecule has 0 spiro atoms. The zero-order valence-corrected chi connectivity index (χ0v) is 25.0. The van der Waals surface area contributed by atoms with Gasteiger partial charge in [-0.15, -0.1) is 0 Å². The van der Waals surface area contributed by atoms with Crippen LogP contribution in [0.15, 0.2) is 162 Å². The Hall–Kier alpha value is -5.57. The molecule has 9 rings (SSSR count). The third kappa shape index (κ3) is 4.18. The SMILES string of the molecule is Clc1ccc2c(c1)c1ccccc1c1c3ccc(-c4ccc(N(c5ccccc5)c5cccc6ccccc56)cc4)cc3oc21. The Balaban J connectivity index is 1.18. The van der Waals surface area contributed by atoms with Crippen molar-refractivity contribution in [1.29, 1.82) is 0 Å². The van der Waals surface area contributed by atoms with E-state index in [0.717, 1.165) is 65.9 Å². The minimum atomic E-state index is 0.722. The van der Waals surface area contributed by atoms with Gasteiger partial charge in [-0.3, -0.25) is 0 Å². The third-order valence-electron chi connectivity index (χ3n) is 8.88. The van der Waals surface area contributed by atoms with Crippen molar-refractivity contribution in [2.45, 2.75) is 0 Å². The van der Waals surface area contributed by atoms with Gasteiger partial charge in [-0.05, 0) is 93.3 Å². The van der Waals surface area contributed by atoms with Crippen molar-refractivity contribution in [3.05, 3.63) is 163 Å². The molecular weight excluding hydrogens is 570 g/mol. The lowest BCUT2D eigenvalue weighted by atomic mass is 9.96. The topological polar surface area (TPSA) is 16.4 Å². The van der Waals surface area contributed by atoms with Crippen LogP contribution in [0.3, 0.4) is 0 Å². The first kappa shape index (κ1) is 25.9. The van der Waals surface area contributed by atoms with E-state index in [-0.39, 0.29) is 0 Å². The predicted molar refractivity (Wildman–Crippen MR) is 191 cm³/mol. The number of fused-ring (bicyclic) bond motifs is 9. The van der Waals surface area contributed by atoms with E-state index >= 15 is 0 Å². The van der Waals surface area contributed by atoms with E-state index in [4.69, 9.17) is 16.0 Å². The second-order valence-electron chi connectivity index (χ2n) is 11.5. The second kappa shape index (κ2) is 10.3. The van der Waals surface area contributed by atoms with Crippen molar-refractivity contribution < 1.29 is 4.42 Å². The van der Waals surface area contributed by atoms with Crippen molar-refractivity contribution in [1.82, 2.24) is 0 Å². The van der Waals surface area contributed by atoms with Crippen LogP contribution >= 0.6 is 11.6 Å². The molecule has 0 saturated heterocycles. The average Bonchev–Trinajstić information content (AvgIpc) is 3.49. The van der Waals surface area contributed by atoms with E-state index in [0.29, 0.717) is 0 Å². The molecule has 212 valence electrons. The van der Waals surface area contributed by atoms with Gasteiger partial charge in [0.2, 0.25) is 0 Å². The number of hydrogen-bond acceptors (Lipinski definition) is 2. The summed E-state index contributed by atoms with van der Waals surface area (Å²) in [5.74, 6) is 0. The van der Waals surface area contributed by atoms with Gasteiger partial charge in [0.25, 0.3) is 0 Å². The van der Waals surface area contributed by atoms with E-state index in [9.17, 15) is 0 Å². The molecule has 0 fully saturated rings. The highest BCUT2D eigenvalue weighted by Crippen LogP contribution is 2.43. The molecule has 2 nitrogen and oxygen atoms in total. The Kier molecular flexibility index (Phi) is 5.90. The minimum absolute atomic E-state index is 0.722. The zero-order chi connectivity index (χ0) is 29.9. The number of benzene rings is 8. The Morgan fingerprint density at radius 3 is 1.96 bits per heavy atom. The highest BCUT2D eigenvalue weighted by molar-refractivity contribution is 6.34. The fourth-order valence-corrected chi connectivity index (χ4v) is 6.99. The van der Waals surface area contributed by atoms with Gasteiger partial charge in [0, 0.05) is 37.9 Å². The highest BCUT2D eigenvalue weighted by atomic mass is 35.5. The van der Waals surface area contributed by atoms with Gasteiger partial charge in [0.15, 0.2) is 0 Å². The molecule has 1 aromatic heterocycles. The minimum Gasteiger partial charge on any atom is -0.455 e. The molecule has 0 aliphatic heterocycles. The number of para-hydroxylation sites is 1. The molecule has 0 radical (unpaired) electrons. The van der Waals surface area contributed by atoms with Crippen molar-refractivity contribution in [2.24, 2.45) is 0 Å². The van der Waals surface area contributed by atoms with Crippen molar-refractivity contribution >= 4 is 82.9 Å². The molecule has 1 heterocycles. The lowest BCUT2D eigenvalue weighted by Gasteiger charge is -2.27. The predicted octanol–water partition coefficient (Wildman–Crippen LogP) is 12.8. The first-order valence-corrected chi connectivity index (χ1v) is 15.5. The monoisotopic (exact) mass is 595 g/mol. The molecule has 3 heteroatoms. The van der Waals surface area contributed by atoms with Crippen LogP contribution in [0.25, 0.3) is 65.4 Å². The number of anilines is 3. The van der Waals surface area contributed by atoms with Gasteiger partial charge in [0.05, 0.1) is 5.69 Å². The van der Waals surface area contributed by atoms with E-state index in [2.05, 4.69) is 150 Å². The maximum atomic E-state index is 6.64. The van der Waals surface area contributed by atoms with Crippen LogP contribution in [-0.4, -0.2) is 0 Å². The summed E-state index contributed by atoms with van der Waals surface area (Å²) < 4.78 is 6.64. The number of furan rings is 1. The Morgan fingerprint density at radius 2 is 1.11 bits per heavy atom. The Morgan fingerprint density at radius 1 is 0.444 bits per heavy atom. The summed E-state index contributed by atoms with van der Waals surface area (Å²) in [6.45, 7) is 0. The quantitative estimate of drug-likeness (QED) is 0.188. The zero-order valence-electron chi connectivity index (χ0n) is 24.2. The third-order valence-corrected chi connectivity index (χ3v) is 9.12. The van der Waals surface area contributed by atoms with Crippen LogP contribution < -0.4 is 4.90 Å². The van der Waals surface area contributed by atoms with Crippen molar-refractivity contribution in [3.8, 4) is 11.1 Å². The summed E-state index contributed by atoms with van der Waals surface area (Å²) in [4.78, 5) is 2.33. The maximum Gasteiger partial charge on any atom is 0.143 e. The lowest BCUT2D eigenvalue weighted by Crippen LogP contribution is -2.10. The molecule has 0 aliphatic rings. The smallest absolute Gasteiger partial charge is 0.143 e. The Bertz CT molecular complexity index is 2540. The molecule has 45 heavy (non-hydrogen) atoms. The van der Waals surface area contributed by atoms with Crippen LogP contribution in [-0.2, 0) is 0 Å². The largest absolute Gasteiger partial charge is 0.455 e. The number of halogens is 1. The molecule has 0 saturated carbocycles. The molecule has 0 bridgehead atoms. The van der Waals surface area contributed by atoms with Crippen LogP contribution in [0.5, 0.6) is 0 Å². The first-order valence-electron chi connectivity index (χ1n) is 15.1. The van der Waals surface area contributed by atoms with Crippen LogP contribution in [0.1, 0.15) is 0 Å². The van der Waals surface area contributed by atoms with Gasteiger partial charge >= 0.3 is 0 Å². The number of rotatable bonds is 4. The fraction of sp³-hybridized carbons (Fsp3) is 0. The maximum absolute atomic E-state index is 6.64. The summed E-state index contributed by atoms with van der Waals surface area (Å²) in [5.41, 5.74) is 7.39. The summed E-state index contributed by atoms with van der Waals surface area (Å²) >= 11 is 6.43. The average molecular weight is 596 g/mol. The summed E-state index contributed by atoms with van der Waals surface area (Å²) in [6.07, 6.45) is 0. The molecule has 8 aromatic carbocycles. The first-order chi connectivity index (χ1) is 22.2. The summed E-state index contributed by atoms with van der Waals surface area (Å²) in [6, 6.07) is 55.5. The van der Waals surface area contributed by atoms with E-state index in [1.54, 1.807) is 0 Å². The standard InChI is InChI=1S/C42H26ClNO/c43-30-20-24-36-38(26-30)34-14-6-7-15-35(34)41-37-23-19-29(25-40(37)45-42(36)41)27-17-21-32(22-18-27)44(31-11-2-1-3-12-31)39-16-8-10-28-9-4-5-13-33(28)39/h1-26H. The molecular formula is C42H26ClNO. The van der Waals surface area contributed by atoms with Gasteiger partial charge in [-0.25, -0.2) is 0 Å². The van der Waals surface area contributed by atoms with Crippen molar-refractivity contribution in [2.75, 3.05) is 4.90 Å².